The lowest BCUT2D eigenvalue weighted by atomic mass is 9.56. The van der Waals surface area contributed by atoms with Crippen LogP contribution in [0.2, 0.25) is 0 Å². The third kappa shape index (κ3) is 4.22. The second-order valence-corrected chi connectivity index (χ2v) is 6.18. The predicted molar refractivity (Wildman–Crippen MR) is 79.8 cm³/mol. The summed E-state index contributed by atoms with van der Waals surface area (Å²) < 4.78 is 5.13. The van der Waals surface area contributed by atoms with Gasteiger partial charge in [0.1, 0.15) is 0 Å². The topological polar surface area (TPSA) is 26.3 Å². The number of hydrogen-bond acceptors (Lipinski definition) is 2. The molecular weight excluding hydrogens is 236 g/mol. The van der Waals surface area contributed by atoms with E-state index in [4.69, 9.17) is 4.74 Å². The van der Waals surface area contributed by atoms with E-state index in [1.54, 1.807) is 0 Å². The molecule has 0 aromatic heterocycles. The molecule has 1 fully saturated rings. The molecule has 0 aromatic rings. The van der Waals surface area contributed by atoms with Gasteiger partial charge in [-0.05, 0) is 44.9 Å². The summed E-state index contributed by atoms with van der Waals surface area (Å²) in [6.45, 7) is 12.9. The van der Waals surface area contributed by atoms with Crippen LogP contribution < -0.4 is 0 Å². The summed E-state index contributed by atoms with van der Waals surface area (Å²) in [5.74, 6) is 1.00. The van der Waals surface area contributed by atoms with Crippen LogP contribution in [0.3, 0.4) is 0 Å². The first-order valence-electron chi connectivity index (χ1n) is 7.40. The number of carbonyl (C=O) groups is 1. The average molecular weight is 264 g/mol. The lowest BCUT2D eigenvalue weighted by Gasteiger charge is -2.48. The second kappa shape index (κ2) is 6.93. The Labute approximate surface area is 117 Å². The van der Waals surface area contributed by atoms with Crippen LogP contribution in [0.25, 0.3) is 0 Å². The number of ether oxygens (including phenoxy) is 1. The van der Waals surface area contributed by atoms with Gasteiger partial charge in [-0.1, -0.05) is 38.2 Å². The number of hydrogen-bond donors (Lipinski definition) is 0. The van der Waals surface area contributed by atoms with E-state index >= 15 is 0 Å². The summed E-state index contributed by atoms with van der Waals surface area (Å²) in [6.07, 6.45) is 8.25. The largest absolute Gasteiger partial charge is 0.466 e. The van der Waals surface area contributed by atoms with Crippen LogP contribution >= 0.6 is 0 Å². The van der Waals surface area contributed by atoms with Gasteiger partial charge in [-0.25, -0.2) is 0 Å². The van der Waals surface area contributed by atoms with Crippen LogP contribution in [0.4, 0.5) is 0 Å². The first-order valence-corrected chi connectivity index (χ1v) is 7.40. The van der Waals surface area contributed by atoms with Crippen molar-refractivity contribution in [2.75, 3.05) is 6.61 Å². The van der Waals surface area contributed by atoms with E-state index in [0.29, 0.717) is 24.9 Å². The van der Waals surface area contributed by atoms with Gasteiger partial charge < -0.3 is 4.74 Å². The Morgan fingerprint density at radius 1 is 1.53 bits per heavy atom. The highest BCUT2D eigenvalue weighted by atomic mass is 16.5. The third-order valence-electron chi connectivity index (χ3n) is 4.02. The molecule has 0 radical (unpaired) electrons. The molecule has 2 atom stereocenters. The predicted octanol–water partition coefficient (Wildman–Crippen LogP) is 4.51. The highest BCUT2D eigenvalue weighted by Gasteiger charge is 2.46. The molecule has 0 bridgehead atoms. The minimum atomic E-state index is -0.0809. The number of esters is 1. The first kappa shape index (κ1) is 16.0. The Morgan fingerprint density at radius 2 is 2.21 bits per heavy atom. The van der Waals surface area contributed by atoms with Crippen LogP contribution in [0.1, 0.15) is 53.4 Å². The lowest BCUT2D eigenvalue weighted by molar-refractivity contribution is -0.147. The van der Waals surface area contributed by atoms with E-state index in [2.05, 4.69) is 39.5 Å². The molecule has 0 aromatic carbocycles. The van der Waals surface area contributed by atoms with Crippen LogP contribution in [-0.4, -0.2) is 12.6 Å². The fraction of sp³-hybridized carbons (Fsp3) is 0.706. The fourth-order valence-electron chi connectivity index (χ4n) is 2.92. The van der Waals surface area contributed by atoms with Crippen molar-refractivity contribution < 1.29 is 9.53 Å². The standard InChI is InChI=1S/C17H28O2/c1-6-19-16(18)12-17(10-7-8-13(2)3)11-9-15(17)14(4)5/h7,10,13,15H,4,6,8-9,11-12H2,1-3,5H3/t15?,17-/m1/s1. The summed E-state index contributed by atoms with van der Waals surface area (Å²) in [5.41, 5.74) is 1.15. The quantitative estimate of drug-likeness (QED) is 0.499. The molecule has 0 saturated heterocycles. The molecule has 0 N–H and O–H groups in total. The molecule has 2 nitrogen and oxygen atoms in total. The highest BCUT2D eigenvalue weighted by Crippen LogP contribution is 2.53. The molecule has 0 spiro atoms. The number of allylic oxidation sites excluding steroid dienone is 3. The van der Waals surface area contributed by atoms with Gasteiger partial charge in [0.2, 0.25) is 0 Å². The fourth-order valence-corrected chi connectivity index (χ4v) is 2.92. The zero-order valence-electron chi connectivity index (χ0n) is 12.9. The summed E-state index contributed by atoms with van der Waals surface area (Å²) in [4.78, 5) is 11.8. The second-order valence-electron chi connectivity index (χ2n) is 6.18. The van der Waals surface area contributed by atoms with Crippen LogP contribution in [0, 0.1) is 17.3 Å². The molecule has 19 heavy (non-hydrogen) atoms. The van der Waals surface area contributed by atoms with Gasteiger partial charge in [0.25, 0.3) is 0 Å². The Kier molecular flexibility index (Phi) is 5.84. The molecule has 1 unspecified atom stereocenters. The van der Waals surface area contributed by atoms with Crippen molar-refractivity contribution in [1.29, 1.82) is 0 Å². The lowest BCUT2D eigenvalue weighted by Crippen LogP contribution is -2.41. The summed E-state index contributed by atoms with van der Waals surface area (Å²) in [5, 5.41) is 0. The molecule has 0 amide bonds. The maximum atomic E-state index is 11.8. The Bertz CT molecular complexity index is 354. The zero-order valence-corrected chi connectivity index (χ0v) is 12.9. The van der Waals surface area contributed by atoms with Gasteiger partial charge >= 0.3 is 5.97 Å². The van der Waals surface area contributed by atoms with Crippen molar-refractivity contribution in [3.8, 4) is 0 Å². The number of carbonyl (C=O) groups excluding carboxylic acids is 1. The molecule has 108 valence electrons. The van der Waals surface area contributed by atoms with Crippen LogP contribution in [0.5, 0.6) is 0 Å². The molecule has 0 aliphatic heterocycles. The van der Waals surface area contributed by atoms with Gasteiger partial charge in [-0.2, -0.15) is 0 Å². The maximum Gasteiger partial charge on any atom is 0.306 e. The van der Waals surface area contributed by atoms with Crippen molar-refractivity contribution in [1.82, 2.24) is 0 Å². The molecule has 1 aliphatic carbocycles. The minimum Gasteiger partial charge on any atom is -0.466 e. The molecule has 0 heterocycles. The van der Waals surface area contributed by atoms with E-state index < -0.39 is 0 Å². The van der Waals surface area contributed by atoms with E-state index in [0.717, 1.165) is 19.3 Å². The van der Waals surface area contributed by atoms with E-state index in [1.807, 2.05) is 6.92 Å². The molecular formula is C17H28O2. The molecule has 1 rings (SSSR count). The molecule has 2 heteroatoms. The summed E-state index contributed by atoms with van der Waals surface area (Å²) in [6, 6.07) is 0. The Morgan fingerprint density at radius 3 is 2.63 bits per heavy atom. The Balaban J connectivity index is 2.77. The van der Waals surface area contributed by atoms with Gasteiger partial charge in [0, 0.05) is 5.41 Å². The third-order valence-corrected chi connectivity index (χ3v) is 4.02. The van der Waals surface area contributed by atoms with Gasteiger partial charge in [-0.15, -0.1) is 0 Å². The van der Waals surface area contributed by atoms with Crippen molar-refractivity contribution in [3.05, 3.63) is 24.3 Å². The smallest absolute Gasteiger partial charge is 0.306 e. The van der Waals surface area contributed by atoms with Gasteiger partial charge in [0.15, 0.2) is 0 Å². The Hall–Kier alpha value is -1.05. The maximum absolute atomic E-state index is 11.8. The van der Waals surface area contributed by atoms with Crippen molar-refractivity contribution in [2.45, 2.75) is 53.4 Å². The van der Waals surface area contributed by atoms with E-state index in [9.17, 15) is 4.79 Å². The van der Waals surface area contributed by atoms with Gasteiger partial charge in [0.05, 0.1) is 13.0 Å². The van der Waals surface area contributed by atoms with Crippen molar-refractivity contribution in [3.63, 3.8) is 0 Å². The van der Waals surface area contributed by atoms with E-state index in [1.165, 1.54) is 5.57 Å². The van der Waals surface area contributed by atoms with E-state index in [-0.39, 0.29) is 11.4 Å². The molecule has 1 aliphatic rings. The number of rotatable bonds is 7. The zero-order chi connectivity index (χ0) is 14.5. The van der Waals surface area contributed by atoms with Crippen LogP contribution in [0.15, 0.2) is 24.3 Å². The normalized spacial score (nSPS) is 26.5. The van der Waals surface area contributed by atoms with Crippen molar-refractivity contribution in [2.24, 2.45) is 17.3 Å². The van der Waals surface area contributed by atoms with Crippen LogP contribution in [-0.2, 0) is 9.53 Å². The summed E-state index contributed by atoms with van der Waals surface area (Å²) in [7, 11) is 0. The SMILES string of the molecule is C=C(C)C1CC[C@]1(C=CCC(C)C)CC(=O)OCC. The minimum absolute atomic E-state index is 0.0347. The molecule has 1 saturated carbocycles. The highest BCUT2D eigenvalue weighted by molar-refractivity contribution is 5.71. The van der Waals surface area contributed by atoms with Gasteiger partial charge in [-0.3, -0.25) is 4.79 Å². The average Bonchev–Trinajstić information content (AvgIpc) is 2.25. The monoisotopic (exact) mass is 264 g/mol. The first-order chi connectivity index (χ1) is 8.91. The summed E-state index contributed by atoms with van der Waals surface area (Å²) >= 11 is 0. The van der Waals surface area contributed by atoms with Crippen molar-refractivity contribution >= 4 is 5.97 Å².